The van der Waals surface area contributed by atoms with Gasteiger partial charge in [-0.1, -0.05) is 31.5 Å². The van der Waals surface area contributed by atoms with E-state index in [-0.39, 0.29) is 5.56 Å². The average molecular weight is 528 g/mol. The van der Waals surface area contributed by atoms with Crippen molar-refractivity contribution in [2.45, 2.75) is 71.3 Å². The van der Waals surface area contributed by atoms with E-state index in [1.165, 1.54) is 6.07 Å². The van der Waals surface area contributed by atoms with Crippen LogP contribution in [-0.2, 0) is 28.5 Å². The molecule has 0 bridgehead atoms. The molecule has 0 spiro atoms. The van der Waals surface area contributed by atoms with Crippen molar-refractivity contribution in [3.8, 4) is 28.1 Å². The largest absolute Gasteiger partial charge is 0.493 e. The standard InChI is InChI=1S/C30H32F3NO4/c1-5-8-20-10-6-11-23(34-20)21-13-14-22(30(31,32)33)26(27(28(35)36)38-29(2,3)4)25(21)19-12-15-24-18(17-19)9-7-16-37-24/h6,10-15,17,27H,5,7-9,16H2,1-4H3,(H,35,36). The number of benzene rings is 2. The highest BCUT2D eigenvalue weighted by atomic mass is 19.4. The van der Waals surface area contributed by atoms with Gasteiger partial charge in [-0.3, -0.25) is 4.98 Å². The molecule has 4 rings (SSSR count). The first-order chi connectivity index (χ1) is 17.9. The Labute approximate surface area is 220 Å². The van der Waals surface area contributed by atoms with Gasteiger partial charge in [0.15, 0.2) is 6.10 Å². The number of aromatic nitrogens is 1. The molecule has 2 heterocycles. The Kier molecular flexibility index (Phi) is 7.83. The molecule has 38 heavy (non-hydrogen) atoms. The van der Waals surface area contributed by atoms with Crippen molar-refractivity contribution in [2.75, 3.05) is 6.61 Å². The summed E-state index contributed by atoms with van der Waals surface area (Å²) in [6.45, 7) is 7.44. The molecule has 1 atom stereocenters. The smallest absolute Gasteiger partial charge is 0.416 e. The van der Waals surface area contributed by atoms with Crippen molar-refractivity contribution in [3.05, 3.63) is 70.9 Å². The molecule has 3 aromatic rings. The lowest BCUT2D eigenvalue weighted by Crippen LogP contribution is -2.29. The van der Waals surface area contributed by atoms with E-state index in [1.807, 2.05) is 19.1 Å². The van der Waals surface area contributed by atoms with Gasteiger partial charge in [0.05, 0.1) is 23.5 Å². The number of halogens is 3. The van der Waals surface area contributed by atoms with Gasteiger partial charge in [-0.25, -0.2) is 4.79 Å². The number of fused-ring (bicyclic) bond motifs is 1. The minimum Gasteiger partial charge on any atom is -0.493 e. The number of carboxylic acids is 1. The number of ether oxygens (including phenoxy) is 2. The minimum absolute atomic E-state index is 0.144. The van der Waals surface area contributed by atoms with Crippen LogP contribution in [0.2, 0.25) is 0 Å². The number of rotatable bonds is 7. The summed E-state index contributed by atoms with van der Waals surface area (Å²) in [4.78, 5) is 17.3. The van der Waals surface area contributed by atoms with Crippen LogP contribution in [0.15, 0.2) is 48.5 Å². The maximum Gasteiger partial charge on any atom is 0.416 e. The zero-order valence-electron chi connectivity index (χ0n) is 22.0. The number of pyridine rings is 1. The number of alkyl halides is 3. The Morgan fingerprint density at radius 1 is 1.13 bits per heavy atom. The van der Waals surface area contributed by atoms with E-state index in [2.05, 4.69) is 0 Å². The van der Waals surface area contributed by atoms with Crippen molar-refractivity contribution in [1.29, 1.82) is 0 Å². The van der Waals surface area contributed by atoms with Gasteiger partial charge in [0.2, 0.25) is 0 Å². The second-order valence-electron chi connectivity index (χ2n) is 10.4. The van der Waals surface area contributed by atoms with Crippen molar-refractivity contribution in [2.24, 2.45) is 0 Å². The van der Waals surface area contributed by atoms with E-state index in [0.717, 1.165) is 30.2 Å². The molecular weight excluding hydrogens is 495 g/mol. The van der Waals surface area contributed by atoms with Crippen molar-refractivity contribution >= 4 is 5.97 Å². The molecule has 0 saturated carbocycles. The summed E-state index contributed by atoms with van der Waals surface area (Å²) in [7, 11) is 0. The monoisotopic (exact) mass is 527 g/mol. The molecular formula is C30H32F3NO4. The SMILES string of the molecule is CCCc1cccc(-c2ccc(C(F)(F)F)c(C(OC(C)(C)C)C(=O)O)c2-c2ccc3c(c2)CCCO3)n1. The molecule has 0 aliphatic carbocycles. The van der Waals surface area contributed by atoms with Crippen LogP contribution in [0, 0.1) is 0 Å². The second-order valence-corrected chi connectivity index (χ2v) is 10.4. The number of hydrogen-bond acceptors (Lipinski definition) is 4. The van der Waals surface area contributed by atoms with Gasteiger partial charge in [0.25, 0.3) is 0 Å². The van der Waals surface area contributed by atoms with Crippen molar-refractivity contribution < 1.29 is 32.5 Å². The highest BCUT2D eigenvalue weighted by Crippen LogP contribution is 2.47. The summed E-state index contributed by atoms with van der Waals surface area (Å²) in [6.07, 6.45) is -3.63. The lowest BCUT2D eigenvalue weighted by Gasteiger charge is -2.30. The summed E-state index contributed by atoms with van der Waals surface area (Å²) in [5.74, 6) is -0.823. The molecule has 5 nitrogen and oxygen atoms in total. The van der Waals surface area contributed by atoms with Crippen LogP contribution < -0.4 is 4.74 Å². The third kappa shape index (κ3) is 6.01. The molecule has 0 saturated heterocycles. The molecule has 0 amide bonds. The molecule has 1 N–H and O–H groups in total. The van der Waals surface area contributed by atoms with E-state index in [9.17, 15) is 23.1 Å². The molecule has 1 aliphatic heterocycles. The highest BCUT2D eigenvalue weighted by molar-refractivity contribution is 5.90. The van der Waals surface area contributed by atoms with Crippen LogP contribution in [0.1, 0.15) is 69.0 Å². The fourth-order valence-corrected chi connectivity index (χ4v) is 4.79. The second kappa shape index (κ2) is 10.8. The lowest BCUT2D eigenvalue weighted by molar-refractivity contribution is -0.163. The summed E-state index contributed by atoms with van der Waals surface area (Å²) >= 11 is 0. The third-order valence-electron chi connectivity index (χ3n) is 6.29. The zero-order valence-corrected chi connectivity index (χ0v) is 22.0. The fourth-order valence-electron chi connectivity index (χ4n) is 4.79. The van der Waals surface area contributed by atoms with E-state index < -0.39 is 35.0 Å². The maximum atomic E-state index is 14.5. The molecule has 8 heteroatoms. The number of aryl methyl sites for hydroxylation is 2. The zero-order chi connectivity index (χ0) is 27.7. The molecule has 1 unspecified atom stereocenters. The Balaban J connectivity index is 2.10. The van der Waals surface area contributed by atoms with Gasteiger partial charge in [-0.2, -0.15) is 13.2 Å². The highest BCUT2D eigenvalue weighted by Gasteiger charge is 2.41. The number of aliphatic carboxylic acids is 1. The minimum atomic E-state index is -4.81. The van der Waals surface area contributed by atoms with Crippen LogP contribution in [0.25, 0.3) is 22.4 Å². The van der Waals surface area contributed by atoms with Crippen molar-refractivity contribution in [1.82, 2.24) is 4.98 Å². The number of carbonyl (C=O) groups is 1. The normalized spacial score (nSPS) is 14.5. The number of nitrogens with zero attached hydrogens (tertiary/aromatic N) is 1. The van der Waals surface area contributed by atoms with Gasteiger partial charge in [-0.05, 0) is 87.1 Å². The van der Waals surface area contributed by atoms with Gasteiger partial charge in [0.1, 0.15) is 5.75 Å². The van der Waals surface area contributed by atoms with E-state index in [0.29, 0.717) is 42.0 Å². The Morgan fingerprint density at radius 2 is 1.89 bits per heavy atom. The summed E-state index contributed by atoms with van der Waals surface area (Å²) in [6, 6.07) is 12.9. The van der Waals surface area contributed by atoms with Gasteiger partial charge < -0.3 is 14.6 Å². The van der Waals surface area contributed by atoms with Crippen LogP contribution >= 0.6 is 0 Å². The first-order valence-electron chi connectivity index (χ1n) is 12.8. The van der Waals surface area contributed by atoms with E-state index >= 15 is 0 Å². The quantitative estimate of drug-likeness (QED) is 0.342. The predicted octanol–water partition coefficient (Wildman–Crippen LogP) is 7.65. The average Bonchev–Trinajstić information content (AvgIpc) is 2.85. The van der Waals surface area contributed by atoms with Crippen LogP contribution in [-0.4, -0.2) is 28.3 Å². The van der Waals surface area contributed by atoms with E-state index in [4.69, 9.17) is 14.5 Å². The van der Waals surface area contributed by atoms with Crippen LogP contribution in [0.3, 0.4) is 0 Å². The maximum absolute atomic E-state index is 14.5. The van der Waals surface area contributed by atoms with Crippen LogP contribution in [0.4, 0.5) is 13.2 Å². The molecule has 1 aromatic heterocycles. The summed E-state index contributed by atoms with van der Waals surface area (Å²) in [5.41, 5.74) is 0.631. The third-order valence-corrected chi connectivity index (χ3v) is 6.29. The van der Waals surface area contributed by atoms with Gasteiger partial charge in [0, 0.05) is 16.8 Å². The van der Waals surface area contributed by atoms with Crippen molar-refractivity contribution in [3.63, 3.8) is 0 Å². The number of hydrogen-bond donors (Lipinski definition) is 1. The Hall–Kier alpha value is -3.39. The summed E-state index contributed by atoms with van der Waals surface area (Å²) in [5, 5.41) is 10.2. The first-order valence-corrected chi connectivity index (χ1v) is 12.8. The Bertz CT molecular complexity index is 1330. The predicted molar refractivity (Wildman–Crippen MR) is 139 cm³/mol. The fraction of sp³-hybridized carbons (Fsp3) is 0.400. The first kappa shape index (κ1) is 27.6. The topological polar surface area (TPSA) is 68.7 Å². The summed E-state index contributed by atoms with van der Waals surface area (Å²) < 4.78 is 55.0. The molecule has 0 radical (unpaired) electrons. The molecule has 1 aliphatic rings. The van der Waals surface area contributed by atoms with Gasteiger partial charge >= 0.3 is 12.1 Å². The number of carboxylic acid groups (broad SMARTS) is 1. The Morgan fingerprint density at radius 3 is 2.55 bits per heavy atom. The van der Waals surface area contributed by atoms with Crippen LogP contribution in [0.5, 0.6) is 5.75 Å². The molecule has 2 aromatic carbocycles. The van der Waals surface area contributed by atoms with E-state index in [1.54, 1.807) is 45.0 Å². The van der Waals surface area contributed by atoms with Gasteiger partial charge in [-0.15, -0.1) is 0 Å². The molecule has 202 valence electrons. The molecule has 0 fully saturated rings. The lowest BCUT2D eigenvalue weighted by atomic mass is 9.85.